The molecule has 2 fully saturated rings. The molecule has 0 saturated carbocycles. The largest absolute Gasteiger partial charge is 0.455 e. The predicted octanol–water partition coefficient (Wildman–Crippen LogP) is 10.7. The number of ether oxygens (including phenoxy) is 5. The van der Waals surface area contributed by atoms with Gasteiger partial charge in [0.15, 0.2) is 18.5 Å². The van der Waals surface area contributed by atoms with Gasteiger partial charge in [0.05, 0.1) is 19.1 Å². The number of unbranched alkanes of at least 4 members (excludes halogenated alkanes) is 30. The van der Waals surface area contributed by atoms with E-state index in [0.29, 0.717) is 12.8 Å². The Bertz CT molecular complexity index is 1210. The van der Waals surface area contributed by atoms with Crippen molar-refractivity contribution in [3.63, 3.8) is 0 Å². The van der Waals surface area contributed by atoms with Crippen LogP contribution in [0.1, 0.15) is 252 Å². The number of aliphatic hydroxyl groups is 6. The number of rotatable bonds is 43. The van der Waals surface area contributed by atoms with Gasteiger partial charge in [-0.3, -0.25) is 9.59 Å². The molecular weight excluding hydrogens is 869 g/mol. The fourth-order valence-electron chi connectivity index (χ4n) is 9.86. The molecule has 2 heterocycles. The van der Waals surface area contributed by atoms with Crippen LogP contribution in [-0.2, 0) is 33.3 Å². The van der Waals surface area contributed by atoms with Crippen LogP contribution < -0.4 is 0 Å². The lowest BCUT2D eigenvalue weighted by molar-refractivity contribution is -0.377. The van der Waals surface area contributed by atoms with Crippen LogP contribution in [-0.4, -0.2) is 117 Å². The van der Waals surface area contributed by atoms with Crippen LogP contribution >= 0.6 is 0 Å². The van der Waals surface area contributed by atoms with E-state index >= 15 is 0 Å². The molecule has 0 aliphatic carbocycles. The Morgan fingerprint density at radius 1 is 0.456 bits per heavy atom. The molecule has 2 rings (SSSR count). The van der Waals surface area contributed by atoms with Crippen LogP contribution in [0.15, 0.2) is 0 Å². The zero-order valence-corrected chi connectivity index (χ0v) is 43.6. The molecule has 0 aromatic rings. The van der Waals surface area contributed by atoms with Gasteiger partial charge in [-0.15, -0.1) is 0 Å². The summed E-state index contributed by atoms with van der Waals surface area (Å²) in [4.78, 5) is 27.1. The highest BCUT2D eigenvalue weighted by atomic mass is 16.8. The second-order valence-corrected chi connectivity index (χ2v) is 20.8. The van der Waals surface area contributed by atoms with E-state index in [2.05, 4.69) is 20.8 Å². The number of hydrogen-bond donors (Lipinski definition) is 6. The molecule has 0 radical (unpaired) electrons. The summed E-state index contributed by atoms with van der Waals surface area (Å²) in [6.45, 7) is 6.98. The van der Waals surface area contributed by atoms with E-state index in [4.69, 9.17) is 23.7 Å². The van der Waals surface area contributed by atoms with E-state index < -0.39 is 92.5 Å². The Morgan fingerprint density at radius 2 is 0.838 bits per heavy atom. The van der Waals surface area contributed by atoms with Gasteiger partial charge in [0.25, 0.3) is 0 Å². The standard InChI is InChI=1S/C55H104O13/c1-5-7-9-11-13-15-17-19-21-22-24-25-27-29-31-33-35-37-42(3)39-43(4)53(63)67-51-48(60)45(41-57)65-55(68-54-50(62)49(61)47(59)44(40-56)64-54)52(51)66-46(58)38-36-34-32-30-28-26-23-20-18-16-14-12-10-8-6-2/h42-45,47-52,54-57,59-62H,5-41H2,1-4H3/t42-,43-,44?,45?,47+,48+,49?,50-,51?,52+,54+,55+/m0/s1. The smallest absolute Gasteiger partial charge is 0.309 e. The molecule has 12 atom stereocenters. The maximum atomic E-state index is 13.7. The Morgan fingerprint density at radius 3 is 1.26 bits per heavy atom. The van der Waals surface area contributed by atoms with Crippen LogP contribution in [0, 0.1) is 11.8 Å². The van der Waals surface area contributed by atoms with Gasteiger partial charge in [0.1, 0.15) is 36.6 Å². The summed E-state index contributed by atoms with van der Waals surface area (Å²) in [5, 5.41) is 62.9. The number of carbonyl (C=O) groups is 2. The van der Waals surface area contributed by atoms with E-state index in [9.17, 15) is 40.2 Å². The van der Waals surface area contributed by atoms with Crippen molar-refractivity contribution >= 4 is 11.9 Å². The third kappa shape index (κ3) is 26.9. The van der Waals surface area contributed by atoms with Crippen molar-refractivity contribution in [3.8, 4) is 0 Å². The molecule has 6 N–H and O–H groups in total. The number of esters is 2. The van der Waals surface area contributed by atoms with E-state index in [1.54, 1.807) is 6.92 Å². The maximum absolute atomic E-state index is 13.7. The lowest BCUT2D eigenvalue weighted by atomic mass is 9.92. The summed E-state index contributed by atoms with van der Waals surface area (Å²) in [6.07, 6.45) is 25.7. The van der Waals surface area contributed by atoms with Gasteiger partial charge in [-0.25, -0.2) is 0 Å². The summed E-state index contributed by atoms with van der Waals surface area (Å²) >= 11 is 0. The lowest BCUT2D eigenvalue weighted by Gasteiger charge is -2.46. The van der Waals surface area contributed by atoms with Crippen molar-refractivity contribution in [2.24, 2.45) is 11.8 Å². The van der Waals surface area contributed by atoms with E-state index in [-0.39, 0.29) is 12.3 Å². The Labute approximate surface area is 413 Å². The molecule has 2 saturated heterocycles. The molecule has 68 heavy (non-hydrogen) atoms. The first-order chi connectivity index (χ1) is 33.0. The molecule has 13 heteroatoms. The highest BCUT2D eigenvalue weighted by Gasteiger charge is 2.53. The van der Waals surface area contributed by atoms with Crippen LogP contribution in [0.4, 0.5) is 0 Å². The van der Waals surface area contributed by atoms with Gasteiger partial charge in [-0.05, 0) is 18.8 Å². The topological polar surface area (TPSA) is 202 Å². The summed E-state index contributed by atoms with van der Waals surface area (Å²) < 4.78 is 29.1. The first kappa shape index (κ1) is 62.7. The lowest BCUT2D eigenvalue weighted by Crippen LogP contribution is -2.65. The van der Waals surface area contributed by atoms with Gasteiger partial charge in [-0.2, -0.15) is 0 Å². The van der Waals surface area contributed by atoms with Gasteiger partial charge < -0.3 is 54.3 Å². The minimum Gasteiger partial charge on any atom is -0.455 e. The van der Waals surface area contributed by atoms with Crippen molar-refractivity contribution in [3.05, 3.63) is 0 Å². The number of aliphatic hydroxyl groups excluding tert-OH is 6. The van der Waals surface area contributed by atoms with Crippen molar-refractivity contribution in [1.29, 1.82) is 0 Å². The molecule has 4 unspecified atom stereocenters. The third-order valence-electron chi connectivity index (χ3n) is 14.4. The Kier molecular flexibility index (Phi) is 37.0. The first-order valence-corrected chi connectivity index (χ1v) is 28.3. The van der Waals surface area contributed by atoms with Crippen LogP contribution in [0.25, 0.3) is 0 Å². The molecule has 2 aliphatic rings. The summed E-state index contributed by atoms with van der Waals surface area (Å²) in [5.41, 5.74) is 0. The van der Waals surface area contributed by atoms with Crippen molar-refractivity contribution in [2.45, 2.75) is 314 Å². The molecule has 0 spiro atoms. The highest BCUT2D eigenvalue weighted by molar-refractivity contribution is 5.72. The molecular formula is C55H104O13. The van der Waals surface area contributed by atoms with Gasteiger partial charge in [0.2, 0.25) is 6.29 Å². The quantitative estimate of drug-likeness (QED) is 0.0249. The minimum absolute atomic E-state index is 0.0506. The molecule has 0 amide bonds. The zero-order chi connectivity index (χ0) is 49.8. The number of carbonyl (C=O) groups excluding carboxylic acids is 2. The molecule has 402 valence electrons. The zero-order valence-electron chi connectivity index (χ0n) is 43.6. The Balaban J connectivity index is 1.86. The molecule has 0 aromatic carbocycles. The van der Waals surface area contributed by atoms with Gasteiger partial charge in [0, 0.05) is 6.42 Å². The molecule has 0 bridgehead atoms. The average Bonchev–Trinajstić information content (AvgIpc) is 3.33. The number of hydrogen-bond acceptors (Lipinski definition) is 13. The van der Waals surface area contributed by atoms with Crippen LogP contribution in [0.3, 0.4) is 0 Å². The fraction of sp³-hybridized carbons (Fsp3) is 0.964. The predicted molar refractivity (Wildman–Crippen MR) is 268 cm³/mol. The SMILES string of the molecule is CCCCCCCCCCCCCCCCCCC[C@H](C)C[C@H](C)C(=O)OC1[C@H](O)C(CO)O[C@H](O[C@H]2OC(CO)[C@@H](O)C(O)[C@@H]2O)[C@@H]1OC(=O)CCCCCCCCCCCCCCCCC. The second-order valence-electron chi connectivity index (χ2n) is 20.8. The summed E-state index contributed by atoms with van der Waals surface area (Å²) in [7, 11) is 0. The monoisotopic (exact) mass is 973 g/mol. The van der Waals surface area contributed by atoms with Gasteiger partial charge >= 0.3 is 11.9 Å². The first-order valence-electron chi connectivity index (χ1n) is 28.3. The average molecular weight is 973 g/mol. The van der Waals surface area contributed by atoms with Crippen molar-refractivity contribution in [2.75, 3.05) is 13.2 Å². The van der Waals surface area contributed by atoms with Crippen molar-refractivity contribution < 1.29 is 63.9 Å². The highest BCUT2D eigenvalue weighted by Crippen LogP contribution is 2.32. The fourth-order valence-corrected chi connectivity index (χ4v) is 9.86. The third-order valence-corrected chi connectivity index (χ3v) is 14.4. The van der Waals surface area contributed by atoms with Crippen LogP contribution in [0.5, 0.6) is 0 Å². The Hall–Kier alpha value is -1.42. The molecule has 0 aromatic heterocycles. The normalized spacial score (nSPS) is 26.1. The van der Waals surface area contributed by atoms with Crippen LogP contribution in [0.2, 0.25) is 0 Å². The summed E-state index contributed by atoms with van der Waals surface area (Å²) in [6, 6.07) is 0. The second kappa shape index (κ2) is 40.1. The summed E-state index contributed by atoms with van der Waals surface area (Å²) in [5.74, 6) is -1.57. The van der Waals surface area contributed by atoms with Gasteiger partial charge in [-0.1, -0.05) is 233 Å². The molecule has 13 nitrogen and oxygen atoms in total. The van der Waals surface area contributed by atoms with E-state index in [1.165, 1.54) is 161 Å². The van der Waals surface area contributed by atoms with Crippen molar-refractivity contribution in [1.82, 2.24) is 0 Å². The molecule has 2 aliphatic heterocycles. The van der Waals surface area contributed by atoms with E-state index in [0.717, 1.165) is 44.9 Å². The van der Waals surface area contributed by atoms with E-state index in [1.807, 2.05) is 0 Å². The minimum atomic E-state index is -1.81. The maximum Gasteiger partial charge on any atom is 0.309 e.